The van der Waals surface area contributed by atoms with E-state index >= 15 is 0 Å². The molecule has 0 atom stereocenters. The number of benzene rings is 1. The molecule has 1 aliphatic rings. The smallest absolute Gasteiger partial charge is 0.155 e. The van der Waals surface area contributed by atoms with Crippen LogP contribution in [0.25, 0.3) is 6.08 Å². The van der Waals surface area contributed by atoms with Crippen LogP contribution >= 0.6 is 0 Å². The summed E-state index contributed by atoms with van der Waals surface area (Å²) in [5.41, 5.74) is 2.72. The summed E-state index contributed by atoms with van der Waals surface area (Å²) in [5, 5.41) is 2.98. The van der Waals surface area contributed by atoms with Gasteiger partial charge in [-0.15, -0.1) is 4.91 Å². The molecule has 0 spiro atoms. The van der Waals surface area contributed by atoms with Crippen molar-refractivity contribution >= 4 is 11.8 Å². The van der Waals surface area contributed by atoms with Crippen LogP contribution in [0.1, 0.15) is 25.0 Å². The van der Waals surface area contributed by atoms with Crippen molar-refractivity contribution in [3.63, 3.8) is 0 Å². The molecule has 0 aliphatic heterocycles. The Balaban J connectivity index is 2.58. The summed E-state index contributed by atoms with van der Waals surface area (Å²) >= 11 is 0. The summed E-state index contributed by atoms with van der Waals surface area (Å²) in [6.45, 7) is 4.37. The molecule has 0 radical (unpaired) electrons. The number of hydrogen-bond donors (Lipinski definition) is 0. The molecule has 0 aromatic heterocycles. The summed E-state index contributed by atoms with van der Waals surface area (Å²) < 4.78 is 5.26. The molecule has 3 heteroatoms. The number of nitroso groups, excluding NO2 is 1. The Morgan fingerprint density at radius 1 is 1.38 bits per heavy atom. The average Bonchev–Trinajstić information content (AvgIpc) is 2.26. The first kappa shape index (κ1) is 10.9. The predicted molar refractivity (Wildman–Crippen MR) is 65.0 cm³/mol. The Morgan fingerprint density at radius 2 is 2.12 bits per heavy atom. The molecule has 1 aromatic rings. The van der Waals surface area contributed by atoms with Crippen molar-refractivity contribution in [2.24, 2.45) is 10.6 Å². The van der Waals surface area contributed by atoms with Crippen LogP contribution in [0.2, 0.25) is 0 Å². The van der Waals surface area contributed by atoms with E-state index < -0.39 is 0 Å². The molecule has 2 rings (SSSR count). The molecule has 0 saturated carbocycles. The third-order valence-corrected chi connectivity index (χ3v) is 2.92. The zero-order valence-corrected chi connectivity index (χ0v) is 9.78. The van der Waals surface area contributed by atoms with Crippen molar-refractivity contribution in [1.29, 1.82) is 0 Å². The summed E-state index contributed by atoms with van der Waals surface area (Å²) in [6, 6.07) is 3.68. The van der Waals surface area contributed by atoms with Gasteiger partial charge in [0, 0.05) is 5.56 Å². The maximum atomic E-state index is 10.6. The minimum atomic E-state index is 0.161. The fraction of sp³-hybridized carbons (Fsp3) is 0.385. The highest BCUT2D eigenvalue weighted by molar-refractivity contribution is 5.71. The first-order chi connectivity index (χ1) is 7.57. The van der Waals surface area contributed by atoms with Crippen LogP contribution in [0.3, 0.4) is 0 Å². The van der Waals surface area contributed by atoms with Gasteiger partial charge in [-0.3, -0.25) is 0 Å². The zero-order valence-electron chi connectivity index (χ0n) is 9.78. The quantitative estimate of drug-likeness (QED) is 0.708. The second-order valence-electron chi connectivity index (χ2n) is 4.78. The molecular weight excluding hydrogens is 202 g/mol. The van der Waals surface area contributed by atoms with Crippen LogP contribution in [0.5, 0.6) is 5.75 Å². The predicted octanol–water partition coefficient (Wildman–Crippen LogP) is 3.69. The topological polar surface area (TPSA) is 38.7 Å². The molecule has 1 aromatic carbocycles. The highest BCUT2D eigenvalue weighted by atomic mass is 16.5. The number of rotatable bonds is 2. The van der Waals surface area contributed by atoms with E-state index in [4.69, 9.17) is 4.74 Å². The number of methoxy groups -OCH3 is 1. The molecule has 1 aliphatic carbocycles. The summed E-state index contributed by atoms with van der Waals surface area (Å²) in [4.78, 5) is 10.6. The molecule has 0 bridgehead atoms. The second kappa shape index (κ2) is 3.74. The van der Waals surface area contributed by atoms with Gasteiger partial charge < -0.3 is 4.74 Å². The van der Waals surface area contributed by atoms with Crippen LogP contribution < -0.4 is 4.74 Å². The first-order valence-electron chi connectivity index (χ1n) is 5.30. The highest BCUT2D eigenvalue weighted by Gasteiger charge is 2.23. The lowest BCUT2D eigenvalue weighted by Gasteiger charge is -2.26. The molecular formula is C13H15NO2. The van der Waals surface area contributed by atoms with Gasteiger partial charge in [0.05, 0.1) is 7.11 Å². The Hall–Kier alpha value is -1.64. The lowest BCUT2D eigenvalue weighted by Crippen LogP contribution is -2.15. The van der Waals surface area contributed by atoms with Gasteiger partial charge in [-0.05, 0) is 28.6 Å². The van der Waals surface area contributed by atoms with Crippen LogP contribution in [0.4, 0.5) is 5.69 Å². The van der Waals surface area contributed by atoms with E-state index in [-0.39, 0.29) is 5.41 Å². The van der Waals surface area contributed by atoms with Crippen molar-refractivity contribution in [2.45, 2.75) is 20.3 Å². The van der Waals surface area contributed by atoms with Crippen molar-refractivity contribution < 1.29 is 4.74 Å². The van der Waals surface area contributed by atoms with Gasteiger partial charge in [0.25, 0.3) is 0 Å². The lowest BCUT2D eigenvalue weighted by molar-refractivity contribution is 0.411. The average molecular weight is 217 g/mol. The fourth-order valence-electron chi connectivity index (χ4n) is 2.11. The number of fused-ring (bicyclic) bond motifs is 1. The van der Waals surface area contributed by atoms with Gasteiger partial charge in [-0.2, -0.15) is 0 Å². The molecule has 0 heterocycles. The molecule has 0 unspecified atom stereocenters. The van der Waals surface area contributed by atoms with Gasteiger partial charge in [0.15, 0.2) is 5.75 Å². The normalized spacial score (nSPS) is 16.7. The van der Waals surface area contributed by atoms with E-state index in [1.54, 1.807) is 13.2 Å². The summed E-state index contributed by atoms with van der Waals surface area (Å²) in [7, 11) is 1.57. The monoisotopic (exact) mass is 217 g/mol. The maximum absolute atomic E-state index is 10.6. The van der Waals surface area contributed by atoms with Gasteiger partial charge in [0.2, 0.25) is 0 Å². The van der Waals surface area contributed by atoms with Gasteiger partial charge in [-0.25, -0.2) is 0 Å². The zero-order chi connectivity index (χ0) is 11.8. The minimum Gasteiger partial charge on any atom is -0.494 e. The number of ether oxygens (including phenoxy) is 1. The minimum absolute atomic E-state index is 0.161. The van der Waals surface area contributed by atoms with E-state index in [0.29, 0.717) is 11.4 Å². The standard InChI is InChI=1S/C13H15NO2/c1-13(2)7-6-10-9(8-13)4-5-11(14-15)12(10)16-3/h4-7H,8H2,1-3H3. The van der Waals surface area contributed by atoms with E-state index in [2.05, 4.69) is 25.1 Å². The Bertz CT molecular complexity index is 461. The van der Waals surface area contributed by atoms with Crippen LogP contribution in [0, 0.1) is 10.3 Å². The molecule has 16 heavy (non-hydrogen) atoms. The van der Waals surface area contributed by atoms with Gasteiger partial charge >= 0.3 is 0 Å². The highest BCUT2D eigenvalue weighted by Crippen LogP contribution is 2.40. The summed E-state index contributed by atoms with van der Waals surface area (Å²) in [6.07, 6.45) is 5.12. The van der Waals surface area contributed by atoms with Crippen molar-refractivity contribution in [1.82, 2.24) is 0 Å². The van der Waals surface area contributed by atoms with Crippen molar-refractivity contribution in [3.8, 4) is 5.75 Å². The molecule has 0 saturated heterocycles. The SMILES string of the molecule is COc1c(N=O)ccc2c1C=CC(C)(C)C2. The van der Waals surface area contributed by atoms with Crippen LogP contribution in [-0.2, 0) is 6.42 Å². The fourth-order valence-corrected chi connectivity index (χ4v) is 2.11. The Kier molecular flexibility index (Phi) is 2.54. The molecule has 0 amide bonds. The maximum Gasteiger partial charge on any atom is 0.155 e. The second-order valence-corrected chi connectivity index (χ2v) is 4.78. The van der Waals surface area contributed by atoms with E-state index in [0.717, 1.165) is 12.0 Å². The molecule has 0 fully saturated rings. The van der Waals surface area contributed by atoms with E-state index in [9.17, 15) is 4.91 Å². The molecule has 0 N–H and O–H groups in total. The molecule has 3 nitrogen and oxygen atoms in total. The largest absolute Gasteiger partial charge is 0.494 e. The Labute approximate surface area is 95.1 Å². The molecule has 84 valence electrons. The first-order valence-corrected chi connectivity index (χ1v) is 5.30. The number of allylic oxidation sites excluding steroid dienone is 1. The Morgan fingerprint density at radius 3 is 2.75 bits per heavy atom. The van der Waals surface area contributed by atoms with Gasteiger partial charge in [-0.1, -0.05) is 32.1 Å². The number of hydrogen-bond acceptors (Lipinski definition) is 3. The third kappa shape index (κ3) is 1.73. The third-order valence-electron chi connectivity index (χ3n) is 2.92. The van der Waals surface area contributed by atoms with Crippen molar-refractivity contribution in [3.05, 3.63) is 34.2 Å². The van der Waals surface area contributed by atoms with Crippen LogP contribution in [-0.4, -0.2) is 7.11 Å². The summed E-state index contributed by atoms with van der Waals surface area (Å²) in [5.74, 6) is 0.583. The van der Waals surface area contributed by atoms with Crippen molar-refractivity contribution in [2.75, 3.05) is 7.11 Å². The van der Waals surface area contributed by atoms with E-state index in [1.807, 2.05) is 12.1 Å². The number of nitrogens with zero attached hydrogens (tertiary/aromatic N) is 1. The van der Waals surface area contributed by atoms with E-state index in [1.165, 1.54) is 5.56 Å². The lowest BCUT2D eigenvalue weighted by atomic mass is 9.79. The van der Waals surface area contributed by atoms with Gasteiger partial charge in [0.1, 0.15) is 5.69 Å². The van der Waals surface area contributed by atoms with Crippen LogP contribution in [0.15, 0.2) is 23.4 Å².